The van der Waals surface area contributed by atoms with Crippen molar-refractivity contribution in [3.8, 4) is 0 Å². The molecule has 4 nitrogen and oxygen atoms in total. The van der Waals surface area contributed by atoms with Crippen LogP contribution in [0.1, 0.15) is 43.7 Å². The average Bonchev–Trinajstić information content (AvgIpc) is 2.33. The molecule has 0 saturated heterocycles. The van der Waals surface area contributed by atoms with Gasteiger partial charge in [-0.3, -0.25) is 0 Å². The first-order valence-electron chi connectivity index (χ1n) is 7.19. The lowest BCUT2D eigenvalue weighted by Crippen LogP contribution is -2.38. The van der Waals surface area contributed by atoms with E-state index in [1.807, 2.05) is 19.1 Å². The van der Waals surface area contributed by atoms with E-state index >= 15 is 0 Å². The molecule has 0 radical (unpaired) electrons. The highest BCUT2D eigenvalue weighted by atomic mass is 32.2. The average molecular weight is 296 g/mol. The quantitative estimate of drug-likeness (QED) is 0.842. The summed E-state index contributed by atoms with van der Waals surface area (Å²) in [7, 11) is -3.54. The molecule has 0 bridgehead atoms. The smallest absolute Gasteiger partial charge is 0.243 e. The molecule has 20 heavy (non-hydrogen) atoms. The van der Waals surface area contributed by atoms with Crippen LogP contribution >= 0.6 is 0 Å². The summed E-state index contributed by atoms with van der Waals surface area (Å²) in [5, 5.41) is 0. The van der Waals surface area contributed by atoms with E-state index in [0.717, 1.165) is 24.8 Å². The number of nitrogens with two attached hydrogens (primary N) is 1. The predicted molar refractivity (Wildman–Crippen MR) is 82.1 cm³/mol. The van der Waals surface area contributed by atoms with Gasteiger partial charge in [0.1, 0.15) is 4.90 Å². The van der Waals surface area contributed by atoms with Gasteiger partial charge < -0.3 is 5.73 Å². The monoisotopic (exact) mass is 296 g/mol. The summed E-state index contributed by atoms with van der Waals surface area (Å²) in [6.07, 6.45) is 4.08. The fourth-order valence-electron chi connectivity index (χ4n) is 2.98. The zero-order valence-electron chi connectivity index (χ0n) is 12.4. The molecule has 0 aromatic heterocycles. The topological polar surface area (TPSA) is 72.2 Å². The van der Waals surface area contributed by atoms with Gasteiger partial charge in [-0.05, 0) is 43.7 Å². The molecule has 2 rings (SSSR count). The second kappa shape index (κ2) is 5.74. The van der Waals surface area contributed by atoms with Crippen molar-refractivity contribution in [2.45, 2.75) is 57.4 Å². The fourth-order valence-corrected chi connectivity index (χ4v) is 4.70. The van der Waals surface area contributed by atoms with Crippen LogP contribution in [0.3, 0.4) is 0 Å². The third kappa shape index (κ3) is 3.15. The van der Waals surface area contributed by atoms with Gasteiger partial charge in [0, 0.05) is 6.04 Å². The largest absolute Gasteiger partial charge is 0.397 e. The van der Waals surface area contributed by atoms with Crippen molar-refractivity contribution >= 4 is 15.7 Å². The molecule has 3 N–H and O–H groups in total. The van der Waals surface area contributed by atoms with E-state index in [-0.39, 0.29) is 10.9 Å². The van der Waals surface area contributed by atoms with Crippen LogP contribution in [-0.2, 0) is 10.0 Å². The Bertz CT molecular complexity index is 596. The molecule has 0 amide bonds. The molecule has 1 aromatic rings. The molecule has 2 unspecified atom stereocenters. The Kier molecular flexibility index (Phi) is 4.39. The third-order valence-corrected chi connectivity index (χ3v) is 5.86. The van der Waals surface area contributed by atoms with Crippen molar-refractivity contribution in [3.05, 3.63) is 23.3 Å². The van der Waals surface area contributed by atoms with Gasteiger partial charge in [0.05, 0.1) is 5.69 Å². The molecule has 1 aromatic carbocycles. The Morgan fingerprint density at radius 3 is 2.50 bits per heavy atom. The van der Waals surface area contributed by atoms with Gasteiger partial charge in [0.25, 0.3) is 0 Å². The van der Waals surface area contributed by atoms with Gasteiger partial charge in [-0.15, -0.1) is 0 Å². The molecule has 5 heteroatoms. The molecule has 112 valence electrons. The Morgan fingerprint density at radius 2 is 1.85 bits per heavy atom. The van der Waals surface area contributed by atoms with Crippen LogP contribution in [0.4, 0.5) is 5.69 Å². The highest BCUT2D eigenvalue weighted by Crippen LogP contribution is 2.29. The molecule has 0 heterocycles. The van der Waals surface area contributed by atoms with E-state index < -0.39 is 10.0 Å². The highest BCUT2D eigenvalue weighted by molar-refractivity contribution is 7.89. The van der Waals surface area contributed by atoms with Crippen molar-refractivity contribution in [2.75, 3.05) is 5.73 Å². The number of benzene rings is 1. The number of aryl methyl sites for hydroxylation is 2. The van der Waals surface area contributed by atoms with Crippen molar-refractivity contribution in [1.29, 1.82) is 0 Å². The number of hydrogen-bond acceptors (Lipinski definition) is 3. The van der Waals surface area contributed by atoms with Gasteiger partial charge in [-0.2, -0.15) is 0 Å². The van der Waals surface area contributed by atoms with Gasteiger partial charge >= 0.3 is 0 Å². The molecular formula is C15H24N2O2S. The van der Waals surface area contributed by atoms with Crippen molar-refractivity contribution in [3.63, 3.8) is 0 Å². The summed E-state index contributed by atoms with van der Waals surface area (Å²) in [5.74, 6) is 0.576. The van der Waals surface area contributed by atoms with Crippen LogP contribution in [0, 0.1) is 19.8 Å². The highest BCUT2D eigenvalue weighted by Gasteiger charge is 2.27. The third-order valence-electron chi connectivity index (χ3n) is 4.14. The van der Waals surface area contributed by atoms with Gasteiger partial charge in [-0.25, -0.2) is 13.1 Å². The summed E-state index contributed by atoms with van der Waals surface area (Å²) < 4.78 is 28.1. The maximum absolute atomic E-state index is 12.6. The van der Waals surface area contributed by atoms with Crippen LogP contribution in [0.15, 0.2) is 17.0 Å². The SMILES string of the molecule is Cc1ccc(C)c(S(=O)(=O)NC2CCCC(C)C2)c1N. The van der Waals surface area contributed by atoms with E-state index in [1.165, 1.54) is 6.42 Å². The second-order valence-corrected chi connectivity index (χ2v) is 7.68. The molecule has 2 atom stereocenters. The van der Waals surface area contributed by atoms with Gasteiger partial charge in [-0.1, -0.05) is 31.9 Å². The summed E-state index contributed by atoms with van der Waals surface area (Å²) >= 11 is 0. The summed E-state index contributed by atoms with van der Waals surface area (Å²) in [5.41, 5.74) is 7.84. The van der Waals surface area contributed by atoms with E-state index in [1.54, 1.807) is 6.92 Å². The van der Waals surface area contributed by atoms with Crippen LogP contribution in [-0.4, -0.2) is 14.5 Å². The first-order chi connectivity index (χ1) is 9.31. The van der Waals surface area contributed by atoms with Crippen LogP contribution in [0.5, 0.6) is 0 Å². The van der Waals surface area contributed by atoms with Crippen LogP contribution in [0.2, 0.25) is 0 Å². The fraction of sp³-hybridized carbons (Fsp3) is 0.600. The maximum atomic E-state index is 12.6. The summed E-state index contributed by atoms with van der Waals surface area (Å²) in [6.45, 7) is 5.79. The number of hydrogen-bond donors (Lipinski definition) is 2. The number of rotatable bonds is 3. The standard InChI is InChI=1S/C15H24N2O2S/c1-10-5-4-6-13(9-10)17-20(18,19)15-12(3)8-7-11(2)14(15)16/h7-8,10,13,17H,4-6,9,16H2,1-3H3. The van der Waals surface area contributed by atoms with Crippen molar-refractivity contribution in [2.24, 2.45) is 5.92 Å². The predicted octanol–water partition coefficient (Wildman–Crippen LogP) is 2.74. The van der Waals surface area contributed by atoms with Gasteiger partial charge in [0.2, 0.25) is 10.0 Å². The molecule has 1 aliphatic rings. The Morgan fingerprint density at radius 1 is 1.20 bits per heavy atom. The van der Waals surface area contributed by atoms with Gasteiger partial charge in [0.15, 0.2) is 0 Å². The van der Waals surface area contributed by atoms with E-state index in [4.69, 9.17) is 5.73 Å². The molecule has 0 spiro atoms. The molecule has 1 saturated carbocycles. The normalized spacial score (nSPS) is 23.8. The van der Waals surface area contributed by atoms with Crippen molar-refractivity contribution in [1.82, 2.24) is 4.72 Å². The number of nitrogens with one attached hydrogen (secondary N) is 1. The number of sulfonamides is 1. The lowest BCUT2D eigenvalue weighted by Gasteiger charge is -2.27. The lowest BCUT2D eigenvalue weighted by molar-refractivity contribution is 0.327. The van der Waals surface area contributed by atoms with E-state index in [9.17, 15) is 8.42 Å². The molecule has 1 fully saturated rings. The first kappa shape index (κ1) is 15.3. The Labute approximate surface area is 121 Å². The van der Waals surface area contributed by atoms with Crippen LogP contribution in [0.25, 0.3) is 0 Å². The van der Waals surface area contributed by atoms with Crippen molar-refractivity contribution < 1.29 is 8.42 Å². The maximum Gasteiger partial charge on any atom is 0.243 e. The minimum Gasteiger partial charge on any atom is -0.397 e. The molecule has 1 aliphatic carbocycles. The minimum absolute atomic E-state index is 0.0306. The van der Waals surface area contributed by atoms with E-state index in [2.05, 4.69) is 11.6 Å². The Hall–Kier alpha value is -1.07. The minimum atomic E-state index is -3.54. The summed E-state index contributed by atoms with van der Waals surface area (Å²) in [4.78, 5) is 0.246. The molecule has 0 aliphatic heterocycles. The van der Waals surface area contributed by atoms with Crippen LogP contribution < -0.4 is 10.5 Å². The zero-order valence-corrected chi connectivity index (χ0v) is 13.3. The second-order valence-electron chi connectivity index (χ2n) is 6.03. The molecular weight excluding hydrogens is 272 g/mol. The van der Waals surface area contributed by atoms with E-state index in [0.29, 0.717) is 17.2 Å². The zero-order chi connectivity index (χ0) is 14.9. The number of nitrogen functional groups attached to an aromatic ring is 1. The summed E-state index contributed by atoms with van der Waals surface area (Å²) in [6, 6.07) is 3.69. The Balaban J connectivity index is 2.29. The first-order valence-corrected chi connectivity index (χ1v) is 8.67. The number of anilines is 1. The lowest BCUT2D eigenvalue weighted by atomic mass is 9.88.